The second-order valence-electron chi connectivity index (χ2n) is 4.28. The van der Waals surface area contributed by atoms with E-state index in [1.807, 2.05) is 0 Å². The maximum atomic E-state index is 11.7. The van der Waals surface area contributed by atoms with E-state index in [0.29, 0.717) is 11.1 Å². The maximum absolute atomic E-state index is 11.7. The molecule has 4 N–H and O–H groups in total. The number of anilines is 1. The van der Waals surface area contributed by atoms with Gasteiger partial charge in [0.2, 0.25) is 10.0 Å². The van der Waals surface area contributed by atoms with Crippen LogP contribution in [0.25, 0.3) is 0 Å². The Labute approximate surface area is 117 Å². The number of oxime groups is 1. The fourth-order valence-electron chi connectivity index (χ4n) is 1.43. The summed E-state index contributed by atoms with van der Waals surface area (Å²) in [4.78, 5) is 0. The van der Waals surface area contributed by atoms with Crippen LogP contribution in [0.2, 0.25) is 0 Å². The van der Waals surface area contributed by atoms with Crippen molar-refractivity contribution in [2.75, 3.05) is 16.1 Å². The maximum Gasteiger partial charge on any atom is 0.247 e. The molecule has 0 unspecified atom stereocenters. The van der Waals surface area contributed by atoms with E-state index in [1.54, 1.807) is 19.1 Å². The summed E-state index contributed by atoms with van der Waals surface area (Å²) in [6.45, 7) is 1.63. The van der Waals surface area contributed by atoms with Crippen LogP contribution in [0.15, 0.2) is 23.4 Å². The van der Waals surface area contributed by atoms with Crippen molar-refractivity contribution >= 4 is 31.4 Å². The number of benzene rings is 1. The Kier molecular flexibility index (Phi) is 4.61. The smallest absolute Gasteiger partial charge is 0.247 e. The first-order chi connectivity index (χ1) is 9.04. The predicted octanol–water partition coefficient (Wildman–Crippen LogP) is -0.167. The van der Waals surface area contributed by atoms with E-state index in [0.717, 1.165) is 6.26 Å². The summed E-state index contributed by atoms with van der Waals surface area (Å²) in [5.74, 6) is -0.187. The quantitative estimate of drug-likeness (QED) is 0.298. The third-order valence-electron chi connectivity index (χ3n) is 2.28. The minimum Gasteiger partial charge on any atom is -0.409 e. The van der Waals surface area contributed by atoms with Gasteiger partial charge in [0.1, 0.15) is 0 Å². The van der Waals surface area contributed by atoms with Crippen molar-refractivity contribution < 1.29 is 22.0 Å². The number of amidine groups is 1. The van der Waals surface area contributed by atoms with Crippen LogP contribution in [-0.2, 0) is 19.9 Å². The summed E-state index contributed by atoms with van der Waals surface area (Å²) >= 11 is 0. The molecule has 0 bridgehead atoms. The highest BCUT2D eigenvalue weighted by Crippen LogP contribution is 2.18. The van der Waals surface area contributed by atoms with Crippen LogP contribution in [-0.4, -0.2) is 39.2 Å². The molecule has 20 heavy (non-hydrogen) atoms. The highest BCUT2D eigenvalue weighted by Gasteiger charge is 2.19. The van der Waals surface area contributed by atoms with E-state index < -0.39 is 24.9 Å². The van der Waals surface area contributed by atoms with Gasteiger partial charge in [-0.1, -0.05) is 17.3 Å². The van der Waals surface area contributed by atoms with E-state index >= 15 is 0 Å². The standard InChI is InChI=1S/C10H15N3O5S2/c1-7-3-4-8(10(11)12-14)5-9(7)13-20(17,18)6-19(2,15)16/h3-5,13-14H,6H2,1-2H3,(H2,11,12). The minimum atomic E-state index is -4.05. The number of hydrogen-bond donors (Lipinski definition) is 3. The van der Waals surface area contributed by atoms with Gasteiger partial charge in [0.05, 0.1) is 5.69 Å². The van der Waals surface area contributed by atoms with Crippen LogP contribution in [0.3, 0.4) is 0 Å². The zero-order chi connectivity index (χ0) is 15.6. The molecule has 1 rings (SSSR count). The minimum absolute atomic E-state index is 0.165. The highest BCUT2D eigenvalue weighted by atomic mass is 32.3. The van der Waals surface area contributed by atoms with Crippen molar-refractivity contribution in [3.8, 4) is 0 Å². The van der Waals surface area contributed by atoms with Crippen LogP contribution >= 0.6 is 0 Å². The SMILES string of the molecule is Cc1ccc(/C(N)=N/O)cc1NS(=O)(=O)CS(C)(=O)=O. The van der Waals surface area contributed by atoms with E-state index in [-0.39, 0.29) is 11.5 Å². The Bertz CT molecular complexity index is 738. The molecule has 0 radical (unpaired) electrons. The topological polar surface area (TPSA) is 139 Å². The number of sulfonamides is 1. The van der Waals surface area contributed by atoms with Crippen molar-refractivity contribution in [3.05, 3.63) is 29.3 Å². The van der Waals surface area contributed by atoms with Crippen LogP contribution < -0.4 is 10.5 Å². The Morgan fingerprint density at radius 3 is 2.45 bits per heavy atom. The number of hydrogen-bond acceptors (Lipinski definition) is 6. The molecule has 0 heterocycles. The summed E-state index contributed by atoms with van der Waals surface area (Å²) in [6.07, 6.45) is 0.825. The lowest BCUT2D eigenvalue weighted by molar-refractivity contribution is 0.318. The van der Waals surface area contributed by atoms with E-state index in [2.05, 4.69) is 9.88 Å². The van der Waals surface area contributed by atoms with Crippen molar-refractivity contribution in [3.63, 3.8) is 0 Å². The van der Waals surface area contributed by atoms with Gasteiger partial charge in [-0.2, -0.15) is 0 Å². The third-order valence-corrected chi connectivity index (χ3v) is 5.76. The largest absolute Gasteiger partial charge is 0.409 e. The van der Waals surface area contributed by atoms with Gasteiger partial charge in [0.15, 0.2) is 20.8 Å². The molecular formula is C10H15N3O5S2. The number of nitrogens with zero attached hydrogens (tertiary/aromatic N) is 1. The molecule has 1 aromatic rings. The molecular weight excluding hydrogens is 306 g/mol. The van der Waals surface area contributed by atoms with Crippen LogP contribution in [0.5, 0.6) is 0 Å². The zero-order valence-corrected chi connectivity index (χ0v) is 12.5. The Morgan fingerprint density at radius 1 is 1.35 bits per heavy atom. The molecule has 0 spiro atoms. The lowest BCUT2D eigenvalue weighted by Gasteiger charge is -2.11. The zero-order valence-electron chi connectivity index (χ0n) is 10.9. The number of sulfone groups is 1. The van der Waals surface area contributed by atoms with Gasteiger partial charge in [-0.05, 0) is 18.6 Å². The Morgan fingerprint density at radius 2 is 1.95 bits per heavy atom. The lowest BCUT2D eigenvalue weighted by Crippen LogP contribution is -2.23. The molecule has 0 fully saturated rings. The van der Waals surface area contributed by atoms with Gasteiger partial charge < -0.3 is 10.9 Å². The summed E-state index contributed by atoms with van der Waals surface area (Å²) in [5.41, 5.74) is 6.44. The first-order valence-corrected chi connectivity index (χ1v) is 9.02. The third kappa shape index (κ3) is 4.70. The molecule has 1 aromatic carbocycles. The lowest BCUT2D eigenvalue weighted by atomic mass is 10.1. The second kappa shape index (κ2) is 5.67. The molecule has 112 valence electrons. The van der Waals surface area contributed by atoms with Crippen molar-refractivity contribution in [2.24, 2.45) is 10.9 Å². The van der Waals surface area contributed by atoms with Crippen LogP contribution in [0.4, 0.5) is 5.69 Å². The fraction of sp³-hybridized carbons (Fsp3) is 0.300. The second-order valence-corrected chi connectivity index (χ2v) is 8.50. The normalized spacial score (nSPS) is 13.2. The molecule has 0 aliphatic carbocycles. The molecule has 0 aliphatic rings. The first-order valence-electron chi connectivity index (χ1n) is 5.31. The van der Waals surface area contributed by atoms with Crippen molar-refractivity contribution in [1.29, 1.82) is 0 Å². The van der Waals surface area contributed by atoms with Gasteiger partial charge in [0.25, 0.3) is 0 Å². The molecule has 10 heteroatoms. The molecule has 0 aromatic heterocycles. The van der Waals surface area contributed by atoms with E-state index in [4.69, 9.17) is 10.9 Å². The van der Waals surface area contributed by atoms with E-state index in [9.17, 15) is 16.8 Å². The number of rotatable bonds is 5. The molecule has 0 saturated heterocycles. The van der Waals surface area contributed by atoms with Gasteiger partial charge in [0, 0.05) is 11.8 Å². The van der Waals surface area contributed by atoms with Gasteiger partial charge in [-0.15, -0.1) is 0 Å². The summed E-state index contributed by atoms with van der Waals surface area (Å²) in [5, 5.41) is 10.4. The summed E-state index contributed by atoms with van der Waals surface area (Å²) < 4.78 is 47.7. The number of nitrogens with one attached hydrogen (secondary N) is 1. The number of aryl methyl sites for hydroxylation is 1. The Hall–Kier alpha value is -1.81. The molecule has 0 atom stereocenters. The molecule has 0 saturated carbocycles. The predicted molar refractivity (Wildman–Crippen MR) is 75.9 cm³/mol. The Balaban J connectivity index is 3.15. The van der Waals surface area contributed by atoms with Crippen LogP contribution in [0, 0.1) is 6.92 Å². The number of nitrogens with two attached hydrogens (primary N) is 1. The van der Waals surface area contributed by atoms with Gasteiger partial charge in [-0.25, -0.2) is 16.8 Å². The molecule has 8 nitrogen and oxygen atoms in total. The van der Waals surface area contributed by atoms with Crippen LogP contribution in [0.1, 0.15) is 11.1 Å². The van der Waals surface area contributed by atoms with E-state index in [1.165, 1.54) is 6.07 Å². The first kappa shape index (κ1) is 16.2. The monoisotopic (exact) mass is 321 g/mol. The fourth-order valence-corrected chi connectivity index (χ4v) is 4.47. The summed E-state index contributed by atoms with van der Waals surface area (Å²) in [6, 6.07) is 4.45. The average molecular weight is 321 g/mol. The highest BCUT2D eigenvalue weighted by molar-refractivity contribution is 8.08. The van der Waals surface area contributed by atoms with Crippen molar-refractivity contribution in [1.82, 2.24) is 0 Å². The molecule has 0 aliphatic heterocycles. The van der Waals surface area contributed by atoms with Gasteiger partial charge in [-0.3, -0.25) is 4.72 Å². The van der Waals surface area contributed by atoms with Crippen molar-refractivity contribution in [2.45, 2.75) is 6.92 Å². The average Bonchev–Trinajstić information content (AvgIpc) is 2.27. The van der Waals surface area contributed by atoms with Gasteiger partial charge >= 0.3 is 0 Å². The molecule has 0 amide bonds. The summed E-state index contributed by atoms with van der Waals surface area (Å²) in [7, 11) is -7.73.